The molecule has 0 spiro atoms. The standard InChI is InChI=1S/C10H17N/c1-3-4-5-6-7-10(2)8-9-11/h8H,3-7H2,1-2H3/b10-8+/i1D3,3D2,4D2,5D2,6D2. The molecule has 1 heteroatoms. The van der Waals surface area contributed by atoms with E-state index in [1.54, 1.807) is 6.07 Å². The zero-order valence-corrected chi connectivity index (χ0v) is 6.23. The Bertz CT molecular complexity index is 480. The quantitative estimate of drug-likeness (QED) is 0.568. The van der Waals surface area contributed by atoms with Gasteiger partial charge in [-0.05, 0) is 19.7 Å². The largest absolute Gasteiger partial charge is 0.193 e. The van der Waals surface area contributed by atoms with Crippen molar-refractivity contribution >= 4 is 0 Å². The number of nitriles is 1. The van der Waals surface area contributed by atoms with Gasteiger partial charge in [0.25, 0.3) is 0 Å². The monoisotopic (exact) mass is 162 g/mol. The van der Waals surface area contributed by atoms with Crippen molar-refractivity contribution in [2.45, 2.75) is 45.7 Å². The van der Waals surface area contributed by atoms with Crippen LogP contribution in [0.4, 0.5) is 0 Å². The van der Waals surface area contributed by atoms with Gasteiger partial charge in [-0.3, -0.25) is 0 Å². The van der Waals surface area contributed by atoms with Gasteiger partial charge in [-0.1, -0.05) is 31.5 Å². The molecule has 1 nitrogen and oxygen atoms in total. The summed E-state index contributed by atoms with van der Waals surface area (Å²) < 4.78 is 82.2. The van der Waals surface area contributed by atoms with Gasteiger partial charge in [0.1, 0.15) is 0 Å². The maximum absolute atomic E-state index is 8.48. The van der Waals surface area contributed by atoms with Gasteiger partial charge >= 0.3 is 0 Å². The SMILES string of the molecule is [2H]C([2H])([2H])C([2H])([2H])C([2H])([2H])C([2H])([2H])C([2H])([2H])C/C(C)=C/C#N. The predicted molar refractivity (Wildman–Crippen MR) is 48.1 cm³/mol. The van der Waals surface area contributed by atoms with Crippen molar-refractivity contribution in [2.75, 3.05) is 0 Å². The molecule has 0 aliphatic carbocycles. The van der Waals surface area contributed by atoms with Crippen molar-refractivity contribution in [3.63, 3.8) is 0 Å². The predicted octanol–water partition coefficient (Wildman–Crippen LogP) is 3.43. The molecule has 0 aliphatic rings. The molecule has 0 radical (unpaired) electrons. The molecule has 0 N–H and O–H groups in total. The van der Waals surface area contributed by atoms with Crippen LogP contribution in [0.15, 0.2) is 11.6 Å². The molecule has 0 aromatic heterocycles. The maximum atomic E-state index is 8.48. The van der Waals surface area contributed by atoms with E-state index < -0.39 is 38.8 Å². The molecule has 0 heterocycles. The van der Waals surface area contributed by atoms with E-state index >= 15 is 0 Å². The second-order valence-corrected chi connectivity index (χ2v) is 1.85. The van der Waals surface area contributed by atoms with Crippen LogP contribution in [0.1, 0.15) is 60.8 Å². The lowest BCUT2D eigenvalue weighted by Gasteiger charge is -1.97. The Labute approximate surface area is 85.2 Å². The van der Waals surface area contributed by atoms with Crippen LogP contribution in [0.25, 0.3) is 0 Å². The Morgan fingerprint density at radius 2 is 2.45 bits per heavy atom. The summed E-state index contributed by atoms with van der Waals surface area (Å²) in [7, 11) is 0. The van der Waals surface area contributed by atoms with Crippen molar-refractivity contribution in [3.05, 3.63) is 11.6 Å². The fourth-order valence-corrected chi connectivity index (χ4v) is 0.420. The number of hydrogen-bond donors (Lipinski definition) is 0. The third kappa shape index (κ3) is 7.12. The van der Waals surface area contributed by atoms with E-state index in [9.17, 15) is 0 Å². The van der Waals surface area contributed by atoms with Gasteiger partial charge in [0.05, 0.1) is 6.07 Å². The van der Waals surface area contributed by atoms with Crippen LogP contribution in [0.2, 0.25) is 0 Å². The fraction of sp³-hybridized carbons (Fsp3) is 0.700. The van der Waals surface area contributed by atoms with Crippen molar-refractivity contribution in [2.24, 2.45) is 0 Å². The first-order valence-corrected chi connectivity index (χ1v) is 3.01. The van der Waals surface area contributed by atoms with Gasteiger partial charge in [-0.15, -0.1) is 0 Å². The first kappa shape index (κ1) is 2.13. The lowest BCUT2D eigenvalue weighted by atomic mass is 10.1. The minimum Gasteiger partial charge on any atom is -0.193 e. The fourth-order valence-electron chi connectivity index (χ4n) is 0.420. The summed E-state index contributed by atoms with van der Waals surface area (Å²) in [4.78, 5) is 0. The molecule has 0 saturated heterocycles. The summed E-state index contributed by atoms with van der Waals surface area (Å²) in [5, 5.41) is 8.48. The Morgan fingerprint density at radius 3 is 3.09 bits per heavy atom. The molecule has 0 aromatic rings. The van der Waals surface area contributed by atoms with Gasteiger partial charge in [0.2, 0.25) is 0 Å². The van der Waals surface area contributed by atoms with Gasteiger partial charge in [0, 0.05) is 21.2 Å². The van der Waals surface area contributed by atoms with Crippen LogP contribution in [-0.2, 0) is 0 Å². The highest BCUT2D eigenvalue weighted by Crippen LogP contribution is 2.08. The Hall–Kier alpha value is -0.770. The Morgan fingerprint density at radius 1 is 1.64 bits per heavy atom. The van der Waals surface area contributed by atoms with Gasteiger partial charge in [-0.25, -0.2) is 0 Å². The first-order valence-electron chi connectivity index (χ1n) is 8.51. The van der Waals surface area contributed by atoms with E-state index in [4.69, 9.17) is 20.3 Å². The second-order valence-electron chi connectivity index (χ2n) is 1.85. The van der Waals surface area contributed by atoms with Gasteiger partial charge in [0.15, 0.2) is 0 Å². The Balaban J connectivity index is 5.90. The molecule has 0 unspecified atom stereocenters. The highest BCUT2D eigenvalue weighted by Gasteiger charge is 1.89. The van der Waals surface area contributed by atoms with E-state index in [1.807, 2.05) is 0 Å². The highest BCUT2D eigenvalue weighted by atomic mass is 14.2. The van der Waals surface area contributed by atoms with E-state index in [1.165, 1.54) is 6.92 Å². The molecule has 0 rings (SSSR count). The lowest BCUT2D eigenvalue weighted by molar-refractivity contribution is 0.664. The van der Waals surface area contributed by atoms with Crippen LogP contribution in [-0.4, -0.2) is 0 Å². The Kier molecular flexibility index (Phi) is 1.42. The van der Waals surface area contributed by atoms with Gasteiger partial charge < -0.3 is 0 Å². The highest BCUT2D eigenvalue weighted by molar-refractivity contribution is 5.10. The van der Waals surface area contributed by atoms with E-state index in [0.717, 1.165) is 6.08 Å². The molecular formula is C10H17N. The van der Waals surface area contributed by atoms with Crippen molar-refractivity contribution < 1.29 is 15.1 Å². The molecule has 0 amide bonds. The summed E-state index contributed by atoms with van der Waals surface area (Å²) in [6, 6.07) is 1.63. The summed E-state index contributed by atoms with van der Waals surface area (Å²) in [5.41, 5.74) is 0.126. The topological polar surface area (TPSA) is 23.8 Å². The van der Waals surface area contributed by atoms with Crippen LogP contribution in [0.5, 0.6) is 0 Å². The zero-order valence-electron chi connectivity index (χ0n) is 17.2. The summed E-state index contributed by atoms with van der Waals surface area (Å²) >= 11 is 0. The average Bonchev–Trinajstić information content (AvgIpc) is 2.25. The van der Waals surface area contributed by atoms with Gasteiger partial charge in [-0.2, -0.15) is 5.26 Å². The minimum atomic E-state index is -3.64. The van der Waals surface area contributed by atoms with E-state index in [-0.39, 0.29) is 5.57 Å². The molecule has 62 valence electrons. The molecule has 0 saturated carbocycles. The van der Waals surface area contributed by atoms with Crippen LogP contribution in [0, 0.1) is 11.3 Å². The average molecular weight is 162 g/mol. The molecular weight excluding hydrogens is 134 g/mol. The second kappa shape index (κ2) is 7.34. The summed E-state index contributed by atoms with van der Waals surface area (Å²) in [6.07, 6.45) is -13.3. The summed E-state index contributed by atoms with van der Waals surface area (Å²) in [6.45, 7) is -2.14. The number of allylic oxidation sites excluding steroid dienone is 2. The smallest absolute Gasteiger partial charge is 0.0911 e. The van der Waals surface area contributed by atoms with Crippen LogP contribution in [0.3, 0.4) is 0 Å². The first-order chi connectivity index (χ1) is 9.45. The van der Waals surface area contributed by atoms with Crippen molar-refractivity contribution in [1.82, 2.24) is 0 Å². The van der Waals surface area contributed by atoms with Crippen molar-refractivity contribution in [3.8, 4) is 6.07 Å². The third-order valence-electron chi connectivity index (χ3n) is 0.892. The molecule has 0 fully saturated rings. The number of nitrogens with zero attached hydrogens (tertiary/aromatic N) is 1. The number of rotatable bonds is 5. The summed E-state index contributed by atoms with van der Waals surface area (Å²) in [5.74, 6) is 0. The molecule has 0 aromatic carbocycles. The molecule has 0 bridgehead atoms. The van der Waals surface area contributed by atoms with E-state index in [2.05, 4.69) is 0 Å². The lowest BCUT2D eigenvalue weighted by Crippen LogP contribution is -1.78. The maximum Gasteiger partial charge on any atom is 0.0911 e. The number of hydrogen-bond acceptors (Lipinski definition) is 1. The molecule has 0 aliphatic heterocycles. The van der Waals surface area contributed by atoms with Crippen LogP contribution < -0.4 is 0 Å². The molecule has 11 heavy (non-hydrogen) atoms. The van der Waals surface area contributed by atoms with Crippen molar-refractivity contribution in [1.29, 1.82) is 5.26 Å². The molecule has 0 atom stereocenters. The zero-order chi connectivity index (χ0) is 18.2. The van der Waals surface area contributed by atoms with Crippen LogP contribution >= 0.6 is 0 Å². The normalized spacial score (nSPS) is 32.4. The minimum absolute atomic E-state index is 0.126. The van der Waals surface area contributed by atoms with E-state index in [0.29, 0.717) is 0 Å². The third-order valence-corrected chi connectivity index (χ3v) is 0.892.